The van der Waals surface area contributed by atoms with Crippen molar-refractivity contribution in [2.75, 3.05) is 5.32 Å². The maximum absolute atomic E-state index is 11.9. The van der Waals surface area contributed by atoms with Gasteiger partial charge in [0.1, 0.15) is 0 Å². The van der Waals surface area contributed by atoms with Crippen LogP contribution in [0.15, 0.2) is 52.2 Å². The molecule has 1 N–H and O–H groups in total. The van der Waals surface area contributed by atoms with E-state index < -0.39 is 11.2 Å². The number of carbonyl (C=O) groups is 1. The summed E-state index contributed by atoms with van der Waals surface area (Å²) in [6.07, 6.45) is 4.05. The Hall–Kier alpha value is -2.89. The SMILES string of the molecule is Cn1cc(/C=C/C(=O)Nc2ccccc2)c(=O)n(C)c1=O. The molecule has 0 saturated heterocycles. The van der Waals surface area contributed by atoms with Crippen molar-refractivity contribution in [2.45, 2.75) is 0 Å². The molecule has 1 heterocycles. The number of rotatable bonds is 3. The number of nitrogens with zero attached hydrogens (tertiary/aromatic N) is 2. The molecule has 6 nitrogen and oxygen atoms in total. The Labute approximate surface area is 121 Å². The Morgan fingerprint density at radius 2 is 1.81 bits per heavy atom. The predicted molar refractivity (Wildman–Crippen MR) is 81.0 cm³/mol. The van der Waals surface area contributed by atoms with Crippen molar-refractivity contribution in [1.29, 1.82) is 0 Å². The summed E-state index contributed by atoms with van der Waals surface area (Å²) in [6.45, 7) is 0. The fourth-order valence-electron chi connectivity index (χ4n) is 1.82. The Morgan fingerprint density at radius 3 is 2.48 bits per heavy atom. The van der Waals surface area contributed by atoms with E-state index in [1.165, 1.54) is 30.0 Å². The van der Waals surface area contributed by atoms with Crippen LogP contribution >= 0.6 is 0 Å². The molecule has 0 aliphatic heterocycles. The van der Waals surface area contributed by atoms with E-state index in [1.54, 1.807) is 19.2 Å². The van der Waals surface area contributed by atoms with E-state index in [0.717, 1.165) is 4.57 Å². The molecule has 0 saturated carbocycles. The molecular weight excluding hydrogens is 270 g/mol. The Bertz CT molecular complexity index is 801. The quantitative estimate of drug-likeness (QED) is 0.845. The molecule has 1 aromatic carbocycles. The number of carbonyl (C=O) groups excluding carboxylic acids is 1. The second-order valence-electron chi connectivity index (χ2n) is 4.53. The third-order valence-electron chi connectivity index (χ3n) is 2.93. The number of hydrogen-bond acceptors (Lipinski definition) is 3. The van der Waals surface area contributed by atoms with Gasteiger partial charge in [-0.25, -0.2) is 4.79 Å². The second kappa shape index (κ2) is 6.04. The molecule has 0 aliphatic rings. The molecule has 0 spiro atoms. The van der Waals surface area contributed by atoms with Crippen LogP contribution in [-0.2, 0) is 18.9 Å². The number of aryl methyl sites for hydroxylation is 1. The van der Waals surface area contributed by atoms with Crippen molar-refractivity contribution in [3.8, 4) is 0 Å². The molecule has 0 radical (unpaired) electrons. The van der Waals surface area contributed by atoms with Gasteiger partial charge in [0.2, 0.25) is 5.91 Å². The molecular formula is C15H15N3O3. The van der Waals surface area contributed by atoms with Crippen molar-refractivity contribution in [2.24, 2.45) is 14.1 Å². The highest BCUT2D eigenvalue weighted by Gasteiger charge is 2.04. The third-order valence-corrected chi connectivity index (χ3v) is 2.93. The zero-order valence-electron chi connectivity index (χ0n) is 11.7. The number of para-hydroxylation sites is 1. The van der Waals surface area contributed by atoms with Gasteiger partial charge in [0, 0.05) is 32.1 Å². The maximum atomic E-state index is 11.9. The van der Waals surface area contributed by atoms with Crippen LogP contribution in [0.4, 0.5) is 5.69 Å². The van der Waals surface area contributed by atoms with Crippen molar-refractivity contribution >= 4 is 17.7 Å². The average Bonchev–Trinajstić information content (AvgIpc) is 2.48. The number of amides is 1. The van der Waals surface area contributed by atoms with Gasteiger partial charge in [-0.05, 0) is 18.2 Å². The Kier molecular flexibility index (Phi) is 4.18. The first kappa shape index (κ1) is 14.5. The first-order valence-electron chi connectivity index (χ1n) is 6.30. The summed E-state index contributed by atoms with van der Waals surface area (Å²) in [5.41, 5.74) is 0.0797. The van der Waals surface area contributed by atoms with Gasteiger partial charge in [-0.15, -0.1) is 0 Å². The summed E-state index contributed by atoms with van der Waals surface area (Å²) < 4.78 is 2.28. The van der Waals surface area contributed by atoms with E-state index in [-0.39, 0.29) is 11.5 Å². The van der Waals surface area contributed by atoms with Gasteiger partial charge in [-0.1, -0.05) is 18.2 Å². The third kappa shape index (κ3) is 3.36. The van der Waals surface area contributed by atoms with E-state index in [9.17, 15) is 14.4 Å². The average molecular weight is 285 g/mol. The van der Waals surface area contributed by atoms with E-state index in [4.69, 9.17) is 0 Å². The minimum absolute atomic E-state index is 0.266. The Balaban J connectivity index is 2.20. The molecule has 2 rings (SSSR count). The van der Waals surface area contributed by atoms with Crippen molar-refractivity contribution in [1.82, 2.24) is 9.13 Å². The zero-order chi connectivity index (χ0) is 15.4. The molecule has 6 heteroatoms. The lowest BCUT2D eigenvalue weighted by Crippen LogP contribution is -2.37. The van der Waals surface area contributed by atoms with Crippen molar-refractivity contribution < 1.29 is 4.79 Å². The number of anilines is 1. The van der Waals surface area contributed by atoms with Gasteiger partial charge in [0.25, 0.3) is 5.56 Å². The van der Waals surface area contributed by atoms with Crippen LogP contribution in [0.2, 0.25) is 0 Å². The molecule has 0 unspecified atom stereocenters. The monoisotopic (exact) mass is 285 g/mol. The van der Waals surface area contributed by atoms with Crippen LogP contribution < -0.4 is 16.6 Å². The topological polar surface area (TPSA) is 73.1 Å². The van der Waals surface area contributed by atoms with E-state index >= 15 is 0 Å². The lowest BCUT2D eigenvalue weighted by atomic mass is 10.3. The molecule has 0 fully saturated rings. The van der Waals surface area contributed by atoms with Gasteiger partial charge in [0.05, 0.1) is 5.56 Å². The highest BCUT2D eigenvalue weighted by atomic mass is 16.2. The van der Waals surface area contributed by atoms with E-state index in [0.29, 0.717) is 5.69 Å². The van der Waals surface area contributed by atoms with Crippen molar-refractivity contribution in [3.05, 3.63) is 69.0 Å². The van der Waals surface area contributed by atoms with Gasteiger partial charge in [-0.2, -0.15) is 0 Å². The summed E-state index contributed by atoms with van der Waals surface area (Å²) >= 11 is 0. The summed E-state index contributed by atoms with van der Waals surface area (Å²) in [5.74, 6) is -0.350. The summed E-state index contributed by atoms with van der Waals surface area (Å²) in [4.78, 5) is 35.2. The number of hydrogen-bond donors (Lipinski definition) is 1. The fourth-order valence-corrected chi connectivity index (χ4v) is 1.82. The van der Waals surface area contributed by atoms with Crippen LogP contribution in [0.5, 0.6) is 0 Å². The summed E-state index contributed by atoms with van der Waals surface area (Å²) in [6, 6.07) is 8.98. The minimum Gasteiger partial charge on any atom is -0.323 e. The molecule has 21 heavy (non-hydrogen) atoms. The smallest absolute Gasteiger partial charge is 0.323 e. The predicted octanol–water partition coefficient (Wildman–Crippen LogP) is 0.736. The standard InChI is InChI=1S/C15H15N3O3/c1-17-10-11(14(20)18(2)15(17)21)8-9-13(19)16-12-6-4-3-5-7-12/h3-10H,1-2H3,(H,16,19)/b9-8+. The molecule has 108 valence electrons. The van der Waals surface area contributed by atoms with Gasteiger partial charge in [0.15, 0.2) is 0 Å². The largest absolute Gasteiger partial charge is 0.330 e. The van der Waals surface area contributed by atoms with Crippen LogP contribution in [-0.4, -0.2) is 15.0 Å². The lowest BCUT2D eigenvalue weighted by molar-refractivity contribution is -0.111. The van der Waals surface area contributed by atoms with Crippen LogP contribution in [0.25, 0.3) is 6.08 Å². The van der Waals surface area contributed by atoms with Gasteiger partial charge in [-0.3, -0.25) is 14.2 Å². The van der Waals surface area contributed by atoms with Gasteiger partial charge < -0.3 is 9.88 Å². The molecule has 2 aromatic rings. The second-order valence-corrected chi connectivity index (χ2v) is 4.53. The van der Waals surface area contributed by atoms with Crippen molar-refractivity contribution in [3.63, 3.8) is 0 Å². The maximum Gasteiger partial charge on any atom is 0.330 e. The van der Waals surface area contributed by atoms with E-state index in [2.05, 4.69) is 5.32 Å². The molecule has 1 aromatic heterocycles. The molecule has 0 bridgehead atoms. The first-order chi connectivity index (χ1) is 9.99. The first-order valence-corrected chi connectivity index (χ1v) is 6.30. The van der Waals surface area contributed by atoms with Crippen LogP contribution in [0.1, 0.15) is 5.56 Å². The summed E-state index contributed by atoms with van der Waals surface area (Å²) in [5, 5.41) is 2.67. The van der Waals surface area contributed by atoms with Crippen LogP contribution in [0.3, 0.4) is 0 Å². The zero-order valence-corrected chi connectivity index (χ0v) is 11.7. The molecule has 0 atom stereocenters. The van der Waals surface area contributed by atoms with E-state index in [1.807, 2.05) is 18.2 Å². The van der Waals surface area contributed by atoms with Crippen LogP contribution in [0, 0.1) is 0 Å². The Morgan fingerprint density at radius 1 is 1.14 bits per heavy atom. The van der Waals surface area contributed by atoms with Gasteiger partial charge >= 0.3 is 5.69 Å². The lowest BCUT2D eigenvalue weighted by Gasteiger charge is -2.03. The molecule has 1 amide bonds. The fraction of sp³-hybridized carbons (Fsp3) is 0.133. The highest BCUT2D eigenvalue weighted by Crippen LogP contribution is 2.05. The summed E-state index contributed by atoms with van der Waals surface area (Å²) in [7, 11) is 2.94. The number of nitrogens with one attached hydrogen (secondary N) is 1. The minimum atomic E-state index is -0.443. The molecule has 0 aliphatic carbocycles. The normalized spacial score (nSPS) is 10.8. The highest BCUT2D eigenvalue weighted by molar-refractivity contribution is 6.01. The number of benzene rings is 1. The number of aromatic nitrogens is 2.